The smallest absolute Gasteiger partial charge is 0.198 e. The van der Waals surface area contributed by atoms with Gasteiger partial charge in [-0.15, -0.1) is 0 Å². The lowest BCUT2D eigenvalue weighted by atomic mass is 9.75. The molecule has 0 saturated heterocycles. The second-order valence-corrected chi connectivity index (χ2v) is 7.94. The number of phenols is 1. The molecule has 2 N–H and O–H groups in total. The minimum atomic E-state index is -0.269. The number of benzene rings is 2. The van der Waals surface area contributed by atoms with Crippen LogP contribution < -0.4 is 0 Å². The van der Waals surface area contributed by atoms with E-state index in [1.165, 1.54) is 22.2 Å². The highest BCUT2D eigenvalue weighted by molar-refractivity contribution is 6.12. The topological polar surface area (TPSA) is 56.3 Å². The number of para-hydroxylation sites is 2. The number of carbonyl (C=O) groups excluding carboxylic acids is 1. The number of nitrogens with one attached hydrogen (secondary N) is 1. The van der Waals surface area contributed by atoms with Gasteiger partial charge in [0.15, 0.2) is 5.78 Å². The fourth-order valence-corrected chi connectivity index (χ4v) is 5.14. The quantitative estimate of drug-likeness (QED) is 0.620. The Labute approximate surface area is 170 Å². The van der Waals surface area contributed by atoms with Gasteiger partial charge in [0, 0.05) is 34.9 Å². The van der Waals surface area contributed by atoms with Gasteiger partial charge >= 0.3 is 0 Å². The van der Waals surface area contributed by atoms with Crippen LogP contribution in [0.2, 0.25) is 0 Å². The maximum Gasteiger partial charge on any atom is 0.198 e. The molecule has 2 aliphatic heterocycles. The Hall–Kier alpha value is -3.27. The SMILES string of the molecule is CCC12C(C)=CC(C(=O)c3ccccc3O)=CN1CCc1c2[nH]c2ccccc12. The molecule has 1 unspecified atom stereocenters. The molecule has 5 rings (SSSR count). The summed E-state index contributed by atoms with van der Waals surface area (Å²) < 4.78 is 0. The van der Waals surface area contributed by atoms with Gasteiger partial charge in [-0.2, -0.15) is 0 Å². The number of allylic oxidation sites excluding steroid dienone is 2. The summed E-state index contributed by atoms with van der Waals surface area (Å²) in [5.41, 5.74) is 5.63. The third-order valence-electron chi connectivity index (χ3n) is 6.56. The third kappa shape index (κ3) is 2.42. The number of nitrogens with zero attached hydrogens (tertiary/aromatic N) is 1. The van der Waals surface area contributed by atoms with Gasteiger partial charge in [-0.05, 0) is 55.2 Å². The molecule has 0 spiro atoms. The number of hydrogen-bond donors (Lipinski definition) is 2. The number of Topliss-reactive ketones (excluding diaryl/α,β-unsaturated/α-hetero) is 1. The Morgan fingerprint density at radius 2 is 1.93 bits per heavy atom. The van der Waals surface area contributed by atoms with E-state index in [2.05, 4.69) is 48.0 Å². The van der Waals surface area contributed by atoms with E-state index < -0.39 is 0 Å². The summed E-state index contributed by atoms with van der Waals surface area (Å²) in [6.07, 6.45) is 5.82. The highest BCUT2D eigenvalue weighted by Crippen LogP contribution is 2.48. The fraction of sp³-hybridized carbons (Fsp3) is 0.240. The molecule has 0 bridgehead atoms. The van der Waals surface area contributed by atoms with Gasteiger partial charge in [-0.3, -0.25) is 4.79 Å². The Bertz CT molecular complexity index is 1200. The molecule has 0 aliphatic carbocycles. The van der Waals surface area contributed by atoms with Gasteiger partial charge in [0.2, 0.25) is 0 Å². The first kappa shape index (κ1) is 17.8. The van der Waals surface area contributed by atoms with Gasteiger partial charge in [0.1, 0.15) is 11.3 Å². The summed E-state index contributed by atoms with van der Waals surface area (Å²) in [6, 6.07) is 15.2. The number of hydrogen-bond acceptors (Lipinski definition) is 3. The molecule has 0 radical (unpaired) electrons. The second kappa shape index (κ2) is 6.38. The minimum Gasteiger partial charge on any atom is -0.507 e. The summed E-state index contributed by atoms with van der Waals surface area (Å²) in [7, 11) is 0. The average molecular weight is 384 g/mol. The van der Waals surface area contributed by atoms with E-state index in [9.17, 15) is 9.90 Å². The van der Waals surface area contributed by atoms with Crippen LogP contribution in [0, 0.1) is 0 Å². The lowest BCUT2D eigenvalue weighted by Crippen LogP contribution is -2.50. The predicted octanol–water partition coefficient (Wildman–Crippen LogP) is 5.06. The summed E-state index contributed by atoms with van der Waals surface area (Å²) in [5.74, 6) is -0.122. The van der Waals surface area contributed by atoms with Gasteiger partial charge in [0.25, 0.3) is 0 Å². The van der Waals surface area contributed by atoms with Crippen LogP contribution >= 0.6 is 0 Å². The average Bonchev–Trinajstić information content (AvgIpc) is 3.12. The first-order chi connectivity index (χ1) is 14.1. The number of rotatable bonds is 3. The first-order valence-electron chi connectivity index (χ1n) is 10.2. The molecule has 3 heterocycles. The van der Waals surface area contributed by atoms with Crippen molar-refractivity contribution in [1.82, 2.24) is 9.88 Å². The monoisotopic (exact) mass is 384 g/mol. The zero-order chi connectivity index (χ0) is 20.2. The number of H-pyrrole nitrogens is 1. The number of aromatic nitrogens is 1. The summed E-state index contributed by atoms with van der Waals surface area (Å²) >= 11 is 0. The van der Waals surface area contributed by atoms with Crippen molar-refractivity contribution in [2.45, 2.75) is 32.2 Å². The maximum absolute atomic E-state index is 13.1. The molecule has 0 amide bonds. The predicted molar refractivity (Wildman–Crippen MR) is 115 cm³/mol. The van der Waals surface area contributed by atoms with Gasteiger partial charge in [-0.25, -0.2) is 0 Å². The van der Waals surface area contributed by atoms with Crippen molar-refractivity contribution in [2.75, 3.05) is 6.54 Å². The first-order valence-corrected chi connectivity index (χ1v) is 10.2. The number of aromatic hydroxyl groups is 1. The lowest BCUT2D eigenvalue weighted by molar-refractivity contribution is 0.102. The highest BCUT2D eigenvalue weighted by Gasteiger charge is 2.45. The third-order valence-corrected chi connectivity index (χ3v) is 6.56. The molecule has 0 saturated carbocycles. The largest absolute Gasteiger partial charge is 0.507 e. The van der Waals surface area contributed by atoms with Crippen LogP contribution in [-0.2, 0) is 12.0 Å². The van der Waals surface area contributed by atoms with Crippen LogP contribution in [0.3, 0.4) is 0 Å². The standard InChI is InChI=1S/C25H24N2O2/c1-3-25-16(2)14-17(23(29)20-9-5-7-11-22(20)28)15-27(25)13-12-19-18-8-4-6-10-21(18)26-24(19)25/h4-11,14-15,26,28H,3,12-13H2,1-2H3. The number of fused-ring (bicyclic) bond motifs is 5. The Kier molecular flexibility index (Phi) is 3.91. The molecule has 4 heteroatoms. The number of aromatic amines is 1. The van der Waals surface area contributed by atoms with E-state index in [1.54, 1.807) is 24.3 Å². The zero-order valence-corrected chi connectivity index (χ0v) is 16.7. The van der Waals surface area contributed by atoms with Crippen LogP contribution in [0.25, 0.3) is 10.9 Å². The number of carbonyl (C=O) groups is 1. The van der Waals surface area contributed by atoms with Crippen molar-refractivity contribution in [3.63, 3.8) is 0 Å². The molecule has 3 aromatic rings. The van der Waals surface area contributed by atoms with Crippen LogP contribution in [0.5, 0.6) is 5.75 Å². The van der Waals surface area contributed by atoms with E-state index in [-0.39, 0.29) is 17.1 Å². The normalized spacial score (nSPS) is 20.7. The lowest BCUT2D eigenvalue weighted by Gasteiger charge is -2.49. The molecule has 146 valence electrons. The highest BCUT2D eigenvalue weighted by atomic mass is 16.3. The van der Waals surface area contributed by atoms with Gasteiger partial charge < -0.3 is 15.0 Å². The van der Waals surface area contributed by atoms with Crippen LogP contribution in [0.4, 0.5) is 0 Å². The van der Waals surface area contributed by atoms with E-state index in [0.29, 0.717) is 11.1 Å². The van der Waals surface area contributed by atoms with Crippen molar-refractivity contribution in [3.8, 4) is 5.75 Å². The molecule has 29 heavy (non-hydrogen) atoms. The number of ketones is 1. The molecule has 2 aromatic carbocycles. The maximum atomic E-state index is 13.1. The van der Waals surface area contributed by atoms with E-state index in [0.717, 1.165) is 25.0 Å². The van der Waals surface area contributed by atoms with Crippen molar-refractivity contribution < 1.29 is 9.90 Å². The fourth-order valence-electron chi connectivity index (χ4n) is 5.14. The van der Waals surface area contributed by atoms with Gasteiger partial charge in [-0.1, -0.05) is 37.3 Å². The van der Waals surface area contributed by atoms with Crippen LogP contribution in [0.1, 0.15) is 41.9 Å². The number of phenolic OH excluding ortho intramolecular Hbond substituents is 1. The molecule has 0 fully saturated rings. The zero-order valence-electron chi connectivity index (χ0n) is 16.7. The molecule has 4 nitrogen and oxygen atoms in total. The Morgan fingerprint density at radius 3 is 2.72 bits per heavy atom. The Balaban J connectivity index is 1.64. The molecule has 1 atom stereocenters. The summed E-state index contributed by atoms with van der Waals surface area (Å²) in [6.45, 7) is 5.17. The van der Waals surface area contributed by atoms with E-state index in [1.807, 2.05) is 12.3 Å². The van der Waals surface area contributed by atoms with E-state index in [4.69, 9.17) is 0 Å². The van der Waals surface area contributed by atoms with Crippen LogP contribution in [-0.4, -0.2) is 27.3 Å². The van der Waals surface area contributed by atoms with E-state index >= 15 is 0 Å². The van der Waals surface area contributed by atoms with Crippen molar-refractivity contribution in [2.24, 2.45) is 0 Å². The molecule has 1 aromatic heterocycles. The molecule has 2 aliphatic rings. The van der Waals surface area contributed by atoms with Crippen LogP contribution in [0.15, 0.2) is 72.0 Å². The summed E-state index contributed by atoms with van der Waals surface area (Å²) in [4.78, 5) is 19.1. The minimum absolute atomic E-state index is 0.0216. The van der Waals surface area contributed by atoms with Gasteiger partial charge in [0.05, 0.1) is 5.56 Å². The molecular weight excluding hydrogens is 360 g/mol. The molecular formula is C25H24N2O2. The van der Waals surface area contributed by atoms with Crippen molar-refractivity contribution in [1.29, 1.82) is 0 Å². The summed E-state index contributed by atoms with van der Waals surface area (Å²) in [5, 5.41) is 11.4. The Morgan fingerprint density at radius 1 is 1.17 bits per heavy atom. The van der Waals surface area contributed by atoms with Crippen molar-refractivity contribution in [3.05, 3.63) is 88.8 Å². The van der Waals surface area contributed by atoms with Crippen molar-refractivity contribution >= 4 is 16.7 Å². The second-order valence-electron chi connectivity index (χ2n) is 7.94.